The number of pyridine rings is 2. The first-order valence-corrected chi connectivity index (χ1v) is 18.8. The van der Waals surface area contributed by atoms with Crippen LogP contribution in [0, 0.1) is 0 Å². The monoisotopic (exact) mass is 686 g/mol. The summed E-state index contributed by atoms with van der Waals surface area (Å²) in [6.07, 6.45) is 8.19. The van der Waals surface area contributed by atoms with Gasteiger partial charge in [-0.1, -0.05) is 146 Å². The molecule has 0 atom stereocenters. The number of hydrogen-bond donors (Lipinski definition) is 0. The maximum atomic E-state index is 4.86. The van der Waals surface area contributed by atoms with Crippen LogP contribution in [0.1, 0.15) is 23.1 Å². The van der Waals surface area contributed by atoms with E-state index in [-0.39, 0.29) is 0 Å². The van der Waals surface area contributed by atoms with Crippen molar-refractivity contribution >= 4 is 59.7 Å². The molecule has 54 heavy (non-hydrogen) atoms. The van der Waals surface area contributed by atoms with Crippen LogP contribution in [-0.4, -0.2) is 9.97 Å². The molecule has 1 aliphatic carbocycles. The molecular formula is C52H34N2. The summed E-state index contributed by atoms with van der Waals surface area (Å²) < 4.78 is 0. The minimum atomic E-state index is 0.929. The van der Waals surface area contributed by atoms with Gasteiger partial charge in [0.2, 0.25) is 0 Å². The van der Waals surface area contributed by atoms with E-state index in [2.05, 4.69) is 158 Å². The minimum absolute atomic E-state index is 0.929. The maximum absolute atomic E-state index is 4.86. The van der Waals surface area contributed by atoms with Crippen molar-refractivity contribution in [3.05, 3.63) is 199 Å². The van der Waals surface area contributed by atoms with Crippen LogP contribution in [0.25, 0.3) is 93.1 Å². The largest absolute Gasteiger partial charge is 0.254 e. The fraction of sp³-hybridized carbons (Fsp3) is 0.0385. The summed E-state index contributed by atoms with van der Waals surface area (Å²) in [7, 11) is 0. The van der Waals surface area contributed by atoms with Gasteiger partial charge >= 0.3 is 0 Å². The first-order chi connectivity index (χ1) is 26.8. The highest BCUT2D eigenvalue weighted by atomic mass is 14.7. The van der Waals surface area contributed by atoms with Gasteiger partial charge in [0, 0.05) is 23.2 Å². The predicted octanol–water partition coefficient (Wildman–Crippen LogP) is 13.6. The number of rotatable bonds is 3. The molecule has 252 valence electrons. The Labute approximate surface area is 313 Å². The Morgan fingerprint density at radius 2 is 1.00 bits per heavy atom. The zero-order valence-electron chi connectivity index (χ0n) is 29.6. The fourth-order valence-electron chi connectivity index (χ4n) is 9.08. The van der Waals surface area contributed by atoms with Gasteiger partial charge in [-0.15, -0.1) is 0 Å². The molecule has 2 heterocycles. The molecule has 0 unspecified atom stereocenters. The fourth-order valence-corrected chi connectivity index (χ4v) is 9.08. The summed E-state index contributed by atoms with van der Waals surface area (Å²) in [5.74, 6) is 0. The average molecular weight is 687 g/mol. The molecule has 0 fully saturated rings. The molecule has 1 aliphatic rings. The Morgan fingerprint density at radius 1 is 0.370 bits per heavy atom. The Morgan fingerprint density at radius 3 is 1.81 bits per heavy atom. The average Bonchev–Trinajstić information content (AvgIpc) is 3.23. The Bertz CT molecular complexity index is 3110. The molecule has 11 rings (SSSR count). The molecule has 2 aromatic heterocycles. The van der Waals surface area contributed by atoms with Gasteiger partial charge in [0.25, 0.3) is 0 Å². The van der Waals surface area contributed by atoms with E-state index >= 15 is 0 Å². The molecule has 0 spiro atoms. The zero-order chi connectivity index (χ0) is 35.6. The number of benzene rings is 8. The number of allylic oxidation sites excluding steroid dienone is 1. The summed E-state index contributed by atoms with van der Waals surface area (Å²) in [6, 6.07) is 60.2. The topological polar surface area (TPSA) is 25.8 Å². The van der Waals surface area contributed by atoms with Crippen molar-refractivity contribution < 1.29 is 0 Å². The van der Waals surface area contributed by atoms with Gasteiger partial charge in [0.05, 0.1) is 11.0 Å². The van der Waals surface area contributed by atoms with E-state index in [1.165, 1.54) is 88.0 Å². The lowest BCUT2D eigenvalue weighted by molar-refractivity contribution is 1.00. The molecule has 0 saturated carbocycles. The first kappa shape index (κ1) is 30.7. The highest BCUT2D eigenvalue weighted by molar-refractivity contribution is 6.25. The molecule has 0 bridgehead atoms. The number of nitrogens with zero attached hydrogens (tertiary/aromatic N) is 2. The first-order valence-electron chi connectivity index (χ1n) is 18.8. The van der Waals surface area contributed by atoms with Gasteiger partial charge in [-0.05, 0) is 125 Å². The van der Waals surface area contributed by atoms with Crippen molar-refractivity contribution in [2.45, 2.75) is 12.8 Å². The SMILES string of the molecule is C1=C(/c2cccc(-c3c4ccccc4c(-c4cc5cccnc5c5ncccc45)c4ccccc34)c2)c2ccc3ccccc3c2-c2ccccc2CC/1. The van der Waals surface area contributed by atoms with Gasteiger partial charge < -0.3 is 0 Å². The van der Waals surface area contributed by atoms with Crippen molar-refractivity contribution in [1.29, 1.82) is 0 Å². The van der Waals surface area contributed by atoms with E-state index in [0.29, 0.717) is 0 Å². The second kappa shape index (κ2) is 12.4. The molecular weight excluding hydrogens is 653 g/mol. The molecule has 0 N–H and O–H groups in total. The molecule has 0 radical (unpaired) electrons. The molecule has 0 aliphatic heterocycles. The second-order valence-corrected chi connectivity index (χ2v) is 14.3. The van der Waals surface area contributed by atoms with Crippen LogP contribution < -0.4 is 0 Å². The third-order valence-electron chi connectivity index (χ3n) is 11.4. The third kappa shape index (κ3) is 4.74. The van der Waals surface area contributed by atoms with Crippen LogP contribution >= 0.6 is 0 Å². The summed E-state index contributed by atoms with van der Waals surface area (Å²) in [6.45, 7) is 0. The second-order valence-electron chi connectivity index (χ2n) is 14.3. The molecule has 2 heteroatoms. The molecule has 8 aromatic carbocycles. The van der Waals surface area contributed by atoms with E-state index in [1.807, 2.05) is 24.5 Å². The van der Waals surface area contributed by atoms with Crippen LogP contribution in [0.15, 0.2) is 182 Å². The van der Waals surface area contributed by atoms with Crippen LogP contribution in [0.3, 0.4) is 0 Å². The van der Waals surface area contributed by atoms with Crippen molar-refractivity contribution in [2.75, 3.05) is 0 Å². The number of fused-ring (bicyclic) bond motifs is 10. The maximum Gasteiger partial charge on any atom is 0.0970 e. The van der Waals surface area contributed by atoms with Gasteiger partial charge in [0.1, 0.15) is 0 Å². The summed E-state index contributed by atoms with van der Waals surface area (Å²) >= 11 is 0. The lowest BCUT2D eigenvalue weighted by Gasteiger charge is -2.22. The van der Waals surface area contributed by atoms with Crippen molar-refractivity contribution in [2.24, 2.45) is 0 Å². The minimum Gasteiger partial charge on any atom is -0.254 e. The Hall–Kier alpha value is -6.90. The smallest absolute Gasteiger partial charge is 0.0970 e. The zero-order valence-corrected chi connectivity index (χ0v) is 29.6. The van der Waals surface area contributed by atoms with Crippen LogP contribution in [0.2, 0.25) is 0 Å². The van der Waals surface area contributed by atoms with Gasteiger partial charge in [-0.3, -0.25) is 9.97 Å². The Balaban J connectivity index is 1.16. The standard InChI is InChI=1S/C52H34N2/c1-3-19-39-33(13-1)15-10-25-38(45-28-27-34-14-2-4-20-40(34)49(39)45)35-16-9-17-36(31-35)48-41-21-5-7-23-43(41)50(44-24-8-6-22-42(44)48)47-32-37-18-11-29-53-51(37)52-46(47)26-12-30-54-52/h1-9,11-14,16-32H,10,15H2/b38-25-. The number of aryl methyl sites for hydroxylation is 1. The quantitative estimate of drug-likeness (QED) is 0.137. The normalized spacial score (nSPS) is 13.7. The van der Waals surface area contributed by atoms with E-state index < -0.39 is 0 Å². The van der Waals surface area contributed by atoms with E-state index in [9.17, 15) is 0 Å². The van der Waals surface area contributed by atoms with Gasteiger partial charge in [0.15, 0.2) is 0 Å². The summed E-state index contributed by atoms with van der Waals surface area (Å²) in [5.41, 5.74) is 14.6. The predicted molar refractivity (Wildman–Crippen MR) is 228 cm³/mol. The molecule has 2 nitrogen and oxygen atoms in total. The Kier molecular flexibility index (Phi) is 7.03. The molecule has 0 amide bonds. The third-order valence-corrected chi connectivity index (χ3v) is 11.4. The van der Waals surface area contributed by atoms with Crippen molar-refractivity contribution in [3.63, 3.8) is 0 Å². The molecule has 10 aromatic rings. The van der Waals surface area contributed by atoms with Crippen molar-refractivity contribution in [1.82, 2.24) is 9.97 Å². The number of aromatic nitrogens is 2. The van der Waals surface area contributed by atoms with Gasteiger partial charge in [-0.2, -0.15) is 0 Å². The molecule has 0 saturated heterocycles. The summed E-state index contributed by atoms with van der Waals surface area (Å²) in [4.78, 5) is 9.62. The van der Waals surface area contributed by atoms with Crippen molar-refractivity contribution in [3.8, 4) is 33.4 Å². The lowest BCUT2D eigenvalue weighted by atomic mass is 9.81. The van der Waals surface area contributed by atoms with E-state index in [1.54, 1.807) is 0 Å². The highest BCUT2D eigenvalue weighted by Gasteiger charge is 2.22. The van der Waals surface area contributed by atoms with Crippen LogP contribution in [0.5, 0.6) is 0 Å². The van der Waals surface area contributed by atoms with E-state index in [4.69, 9.17) is 9.97 Å². The van der Waals surface area contributed by atoms with Crippen LogP contribution in [-0.2, 0) is 6.42 Å². The highest BCUT2D eigenvalue weighted by Crippen LogP contribution is 2.47. The lowest BCUT2D eigenvalue weighted by Crippen LogP contribution is -2.00. The number of hydrogen-bond acceptors (Lipinski definition) is 2. The summed E-state index contributed by atoms with van der Waals surface area (Å²) in [5, 5.41) is 9.68. The van der Waals surface area contributed by atoms with Crippen LogP contribution in [0.4, 0.5) is 0 Å². The van der Waals surface area contributed by atoms with E-state index in [0.717, 1.165) is 34.6 Å². The van der Waals surface area contributed by atoms with Gasteiger partial charge in [-0.25, -0.2) is 0 Å².